The number of thiazole rings is 1. The van der Waals surface area contributed by atoms with Crippen molar-refractivity contribution in [2.45, 2.75) is 142 Å². The molecule has 16 nitrogen and oxygen atoms in total. The van der Waals surface area contributed by atoms with Gasteiger partial charge in [0.25, 0.3) is 0 Å². The molecular weight excluding hydrogens is 972 g/mol. The van der Waals surface area contributed by atoms with Crippen LogP contribution >= 0.6 is 34.3 Å². The molecule has 2 saturated heterocycles. The predicted octanol–water partition coefficient (Wildman–Crippen LogP) is 7.12. The number of carbonyl (C=O) groups excluding carboxylic acids is 4. The Hall–Kier alpha value is -5.37. The van der Waals surface area contributed by atoms with Crippen LogP contribution in [0, 0.1) is 33.1 Å². The Balaban J connectivity index is 0.736. The number of nitrogens with one attached hydrogen (secondary N) is 3. The minimum absolute atomic E-state index is 0.00137. The Morgan fingerprint density at radius 1 is 0.903 bits per heavy atom. The number of ether oxygens (including phenoxy) is 1. The average molecular weight is 1040 g/mol. The molecule has 72 heavy (non-hydrogen) atoms. The summed E-state index contributed by atoms with van der Waals surface area (Å²) in [6.07, 6.45) is 2.34. The van der Waals surface area contributed by atoms with Crippen molar-refractivity contribution >= 4 is 63.6 Å². The van der Waals surface area contributed by atoms with Crippen molar-refractivity contribution in [3.8, 4) is 15.4 Å². The molecule has 1 saturated carbocycles. The summed E-state index contributed by atoms with van der Waals surface area (Å²) in [5.74, 6) is 0.248. The second-order valence-corrected chi connectivity index (χ2v) is 23.5. The van der Waals surface area contributed by atoms with Crippen LogP contribution in [0.15, 0.2) is 59.0 Å². The molecule has 382 valence electrons. The number of likely N-dealkylation sites (tertiary alicyclic amines) is 2. The van der Waals surface area contributed by atoms with E-state index in [0.29, 0.717) is 36.8 Å². The fraction of sp³-hybridized carbons (Fsp3) is 0.509. The molecule has 0 bridgehead atoms. The molecule has 5 aromatic rings. The van der Waals surface area contributed by atoms with Crippen LogP contribution < -0.4 is 16.0 Å². The van der Waals surface area contributed by atoms with Gasteiger partial charge in [-0.25, -0.2) is 4.98 Å². The van der Waals surface area contributed by atoms with Gasteiger partial charge in [0, 0.05) is 53.1 Å². The lowest BCUT2D eigenvalue weighted by Crippen LogP contribution is -2.59. The largest absolute Gasteiger partial charge is 0.391 e. The minimum Gasteiger partial charge on any atom is -0.391 e. The molecule has 2 aromatic carbocycles. The topological polar surface area (TPSA) is 196 Å². The van der Waals surface area contributed by atoms with Gasteiger partial charge in [-0.1, -0.05) is 68.8 Å². The van der Waals surface area contributed by atoms with Crippen molar-refractivity contribution in [1.82, 2.24) is 45.5 Å². The molecule has 6 heterocycles. The fourth-order valence-corrected chi connectivity index (χ4v) is 12.4. The van der Waals surface area contributed by atoms with E-state index in [-0.39, 0.29) is 67.9 Å². The maximum Gasteiger partial charge on any atom is 0.246 e. The highest BCUT2D eigenvalue weighted by Crippen LogP contribution is 2.40. The number of aryl methyl sites for hydroxylation is 3. The quantitative estimate of drug-likeness (QED) is 0.0890. The number of benzene rings is 2. The number of halogens is 1. The Morgan fingerprint density at radius 3 is 2.26 bits per heavy atom. The van der Waals surface area contributed by atoms with Gasteiger partial charge in [-0.3, -0.25) is 33.6 Å². The van der Waals surface area contributed by atoms with Crippen molar-refractivity contribution in [2.75, 3.05) is 26.2 Å². The third-order valence-corrected chi connectivity index (χ3v) is 17.0. The number of fused-ring (bicyclic) bond motifs is 3. The molecule has 3 aromatic heterocycles. The number of aliphatic imine (C=N–C) groups is 1. The fourth-order valence-electron chi connectivity index (χ4n) is 10.3. The molecule has 9 rings (SSSR count). The molecule has 0 radical (unpaired) electrons. The zero-order valence-electron chi connectivity index (χ0n) is 42.2. The second-order valence-electron chi connectivity index (χ2n) is 21.0. The first-order valence-corrected chi connectivity index (χ1v) is 27.0. The molecule has 4 N–H and O–H groups in total. The van der Waals surface area contributed by atoms with Gasteiger partial charge < -0.3 is 30.7 Å². The molecular formula is C53H65ClN10O6S2. The van der Waals surface area contributed by atoms with Crippen LogP contribution in [0.4, 0.5) is 0 Å². The van der Waals surface area contributed by atoms with Gasteiger partial charge in [-0.05, 0) is 94.5 Å². The Morgan fingerprint density at radius 2 is 1.60 bits per heavy atom. The predicted molar refractivity (Wildman–Crippen MR) is 280 cm³/mol. The number of hydrogen-bond acceptors (Lipinski definition) is 13. The van der Waals surface area contributed by atoms with Crippen LogP contribution in [-0.2, 0) is 23.9 Å². The lowest BCUT2D eigenvalue weighted by molar-refractivity contribution is -0.144. The number of carbonyl (C=O) groups is 4. The third kappa shape index (κ3) is 11.1. The third-order valence-electron chi connectivity index (χ3n) is 14.5. The molecule has 1 aliphatic carbocycles. The summed E-state index contributed by atoms with van der Waals surface area (Å²) in [5, 5.41) is 30.6. The van der Waals surface area contributed by atoms with E-state index >= 15 is 0 Å². The number of hydrogen-bond donors (Lipinski definition) is 4. The van der Waals surface area contributed by atoms with E-state index in [1.165, 1.54) is 9.78 Å². The molecule has 5 atom stereocenters. The van der Waals surface area contributed by atoms with E-state index < -0.39 is 35.6 Å². The van der Waals surface area contributed by atoms with Crippen LogP contribution in [0.2, 0.25) is 5.02 Å². The highest BCUT2D eigenvalue weighted by molar-refractivity contribution is 7.15. The number of aliphatic hydroxyl groups excluding tert-OH is 1. The number of β-amino-alcohol motifs (C(OH)–C–C–N with tert-alkyl or cyclic N) is 1. The summed E-state index contributed by atoms with van der Waals surface area (Å²) in [7, 11) is 0. The summed E-state index contributed by atoms with van der Waals surface area (Å²) in [4.78, 5) is 70.8. The van der Waals surface area contributed by atoms with Crippen LogP contribution in [0.25, 0.3) is 15.4 Å². The van der Waals surface area contributed by atoms with Crippen molar-refractivity contribution in [3.05, 3.63) is 104 Å². The normalized spacial score (nSPS) is 22.2. The number of amides is 4. The molecule has 0 unspecified atom stereocenters. The van der Waals surface area contributed by atoms with Crippen molar-refractivity contribution in [1.29, 1.82) is 0 Å². The highest BCUT2D eigenvalue weighted by Gasteiger charge is 2.45. The Bertz CT molecular complexity index is 2840. The van der Waals surface area contributed by atoms with E-state index in [1.54, 1.807) is 22.7 Å². The Labute approximate surface area is 434 Å². The lowest BCUT2D eigenvalue weighted by Gasteiger charge is -2.40. The second kappa shape index (κ2) is 21.2. The first-order valence-electron chi connectivity index (χ1n) is 24.9. The van der Waals surface area contributed by atoms with Gasteiger partial charge in [0.1, 0.15) is 29.0 Å². The van der Waals surface area contributed by atoms with Gasteiger partial charge in [0.2, 0.25) is 23.6 Å². The SMILES string of the molecule is Cc1ncsc1-c1ccc([C@H](C)NC(=O)[C@@H]2C[C@@H](O)CN2C(=O)[C@H](NC(=O)CN2CCC(OC3CC(NC(=O)C[C@@H]4N=C(c5ccc(Cl)cc5)c5c(sc(C)c5C)-n5c(C)nnc54)C3)CC2)C(C)(C)C)cc1. The molecule has 3 aliphatic heterocycles. The number of aliphatic hydroxyl groups is 1. The monoisotopic (exact) mass is 1040 g/mol. The zero-order valence-corrected chi connectivity index (χ0v) is 44.6. The average Bonchev–Trinajstić information content (AvgIpc) is 4.10. The van der Waals surface area contributed by atoms with Gasteiger partial charge in [-0.15, -0.1) is 32.9 Å². The van der Waals surface area contributed by atoms with E-state index in [1.807, 2.05) is 100 Å². The van der Waals surface area contributed by atoms with Gasteiger partial charge in [-0.2, -0.15) is 0 Å². The van der Waals surface area contributed by atoms with E-state index in [0.717, 1.165) is 67.8 Å². The van der Waals surface area contributed by atoms with E-state index in [4.69, 9.17) is 21.3 Å². The first kappa shape index (κ1) is 51.5. The molecule has 0 spiro atoms. The zero-order chi connectivity index (χ0) is 51.2. The van der Waals surface area contributed by atoms with Crippen LogP contribution in [0.3, 0.4) is 0 Å². The minimum atomic E-state index is -0.919. The van der Waals surface area contributed by atoms with Crippen molar-refractivity contribution in [2.24, 2.45) is 10.4 Å². The summed E-state index contributed by atoms with van der Waals surface area (Å²) >= 11 is 9.53. The number of thiophene rings is 1. The standard InChI is InChI=1S/C53H65ClN10O6S2/c1-28-31(4)72-52-45(28)46(34-13-15-36(54)16-14-34)58-41(49-61-60-32(5)64(49)52)24-43(66)57-37-21-40(22-37)70-39-17-19-62(20-18-39)26-44(67)59-48(53(6,7)8)51(69)63-25-38(65)23-42(63)50(68)56-29(2)33-9-11-35(12-10-33)47-30(3)55-27-71-47/h9-16,27,29,37-42,48,65H,17-26H2,1-8H3,(H,56,68)(H,57,66)(H,59,67)/t29-,37?,38+,40?,41-,42-,48-/m0/s1. The summed E-state index contributed by atoms with van der Waals surface area (Å²) in [6, 6.07) is 12.9. The van der Waals surface area contributed by atoms with Gasteiger partial charge in [0.05, 0.1) is 59.1 Å². The molecule has 4 amide bonds. The summed E-state index contributed by atoms with van der Waals surface area (Å²) < 4.78 is 8.55. The van der Waals surface area contributed by atoms with E-state index in [9.17, 15) is 24.3 Å². The van der Waals surface area contributed by atoms with Crippen LogP contribution in [-0.4, -0.2) is 127 Å². The molecule has 19 heteroatoms. The van der Waals surface area contributed by atoms with Gasteiger partial charge in [0.15, 0.2) is 5.82 Å². The molecule has 4 aliphatic rings. The maximum atomic E-state index is 14.3. The lowest BCUT2D eigenvalue weighted by atomic mass is 9.85. The Kier molecular flexibility index (Phi) is 15.2. The summed E-state index contributed by atoms with van der Waals surface area (Å²) in [5.41, 5.74) is 7.96. The number of aromatic nitrogens is 4. The number of rotatable bonds is 14. The molecule has 3 fully saturated rings. The number of nitrogens with zero attached hydrogens (tertiary/aromatic N) is 7. The van der Waals surface area contributed by atoms with Crippen molar-refractivity contribution in [3.63, 3.8) is 0 Å². The van der Waals surface area contributed by atoms with E-state index in [2.05, 4.69) is 49.9 Å². The van der Waals surface area contributed by atoms with Gasteiger partial charge >= 0.3 is 0 Å². The van der Waals surface area contributed by atoms with Crippen LogP contribution in [0.5, 0.6) is 0 Å². The smallest absolute Gasteiger partial charge is 0.246 e. The first-order chi connectivity index (χ1) is 34.3. The van der Waals surface area contributed by atoms with Crippen molar-refractivity contribution < 1.29 is 29.0 Å². The van der Waals surface area contributed by atoms with Crippen LogP contribution in [0.1, 0.15) is 123 Å². The maximum absolute atomic E-state index is 14.3. The summed E-state index contributed by atoms with van der Waals surface area (Å²) in [6.45, 7) is 17.1. The number of piperidine rings is 1. The highest BCUT2D eigenvalue weighted by atomic mass is 35.5.